The van der Waals surface area contributed by atoms with E-state index in [0.717, 1.165) is 0 Å². The fourth-order valence-corrected chi connectivity index (χ4v) is 1.43. The molecule has 0 bridgehead atoms. The normalized spacial score (nSPS) is 9.69. The molecule has 0 heterocycles. The average molecular weight is 242 g/mol. The number of amides is 1. The number of hydrogen-bond donors (Lipinski definition) is 1. The van der Waals surface area contributed by atoms with Crippen LogP contribution >= 0.6 is 11.6 Å². The monoisotopic (exact) mass is 241 g/mol. The van der Waals surface area contributed by atoms with Crippen LogP contribution in [0.2, 0.25) is 5.02 Å². The summed E-state index contributed by atoms with van der Waals surface area (Å²) < 4.78 is 4.54. The minimum atomic E-state index is -0.356. The highest BCUT2D eigenvalue weighted by Crippen LogP contribution is 2.18. The van der Waals surface area contributed by atoms with Crippen LogP contribution in [-0.2, 0) is 16.0 Å². The Labute approximate surface area is 98.5 Å². The van der Waals surface area contributed by atoms with Gasteiger partial charge in [-0.05, 0) is 17.7 Å². The Morgan fingerprint density at radius 1 is 1.44 bits per heavy atom. The molecule has 1 rings (SSSR count). The molecule has 1 aromatic rings. The third kappa shape index (κ3) is 2.97. The lowest BCUT2D eigenvalue weighted by molar-refractivity contribution is -0.139. The highest BCUT2D eigenvalue weighted by molar-refractivity contribution is 6.33. The molecule has 0 aliphatic heterocycles. The van der Waals surface area contributed by atoms with Crippen LogP contribution in [0.1, 0.15) is 15.9 Å². The van der Waals surface area contributed by atoms with Gasteiger partial charge in [0.05, 0.1) is 24.1 Å². The van der Waals surface area contributed by atoms with Gasteiger partial charge in [-0.25, -0.2) is 0 Å². The highest BCUT2D eigenvalue weighted by atomic mass is 35.5. The van der Waals surface area contributed by atoms with E-state index in [9.17, 15) is 9.59 Å². The van der Waals surface area contributed by atoms with Crippen molar-refractivity contribution in [3.05, 3.63) is 34.3 Å². The largest absolute Gasteiger partial charge is 0.469 e. The van der Waals surface area contributed by atoms with E-state index in [1.54, 1.807) is 18.2 Å². The van der Waals surface area contributed by atoms with Crippen molar-refractivity contribution in [3.8, 4) is 0 Å². The van der Waals surface area contributed by atoms with E-state index in [0.29, 0.717) is 16.1 Å². The number of methoxy groups -OCH3 is 1. The molecule has 1 aromatic carbocycles. The second-order valence-electron chi connectivity index (χ2n) is 3.15. The van der Waals surface area contributed by atoms with E-state index in [1.807, 2.05) is 0 Å². The zero-order chi connectivity index (χ0) is 12.1. The van der Waals surface area contributed by atoms with Crippen molar-refractivity contribution >= 4 is 23.5 Å². The summed E-state index contributed by atoms with van der Waals surface area (Å²) in [5.41, 5.74) is 1.04. The van der Waals surface area contributed by atoms with Gasteiger partial charge in [0, 0.05) is 7.05 Å². The van der Waals surface area contributed by atoms with E-state index < -0.39 is 0 Å². The second-order valence-corrected chi connectivity index (χ2v) is 3.55. The zero-order valence-electron chi connectivity index (χ0n) is 9.04. The Morgan fingerprint density at radius 3 is 2.69 bits per heavy atom. The van der Waals surface area contributed by atoms with Crippen molar-refractivity contribution in [2.75, 3.05) is 14.2 Å². The number of halogens is 1. The average Bonchev–Trinajstić information content (AvgIpc) is 2.30. The van der Waals surface area contributed by atoms with Gasteiger partial charge in [-0.3, -0.25) is 9.59 Å². The van der Waals surface area contributed by atoms with Crippen LogP contribution in [0.4, 0.5) is 0 Å². The standard InChI is InChI=1S/C11H12ClNO3/c1-13-11(15)8-5-7(3-4-9(8)12)6-10(14)16-2/h3-5H,6H2,1-2H3,(H,13,15). The summed E-state index contributed by atoms with van der Waals surface area (Å²) in [6, 6.07) is 4.86. The maximum Gasteiger partial charge on any atom is 0.309 e. The van der Waals surface area contributed by atoms with Gasteiger partial charge in [0.25, 0.3) is 5.91 Å². The molecule has 0 aliphatic carbocycles. The molecular weight excluding hydrogens is 230 g/mol. The SMILES string of the molecule is CNC(=O)c1cc(CC(=O)OC)ccc1Cl. The number of esters is 1. The predicted octanol–water partition coefficient (Wildman–Crippen LogP) is 1.42. The Kier molecular flexibility index (Phi) is 4.31. The van der Waals surface area contributed by atoms with Gasteiger partial charge in [-0.1, -0.05) is 17.7 Å². The van der Waals surface area contributed by atoms with Gasteiger partial charge in [-0.2, -0.15) is 0 Å². The summed E-state index contributed by atoms with van der Waals surface area (Å²) in [6.07, 6.45) is 0.123. The van der Waals surface area contributed by atoms with Crippen LogP contribution in [0.15, 0.2) is 18.2 Å². The first-order valence-corrected chi connectivity index (χ1v) is 5.03. The predicted molar refractivity (Wildman–Crippen MR) is 60.6 cm³/mol. The molecule has 0 saturated carbocycles. The molecule has 1 amide bonds. The lowest BCUT2D eigenvalue weighted by Crippen LogP contribution is -2.18. The van der Waals surface area contributed by atoms with Crippen molar-refractivity contribution in [1.29, 1.82) is 0 Å². The van der Waals surface area contributed by atoms with Gasteiger partial charge in [0.1, 0.15) is 0 Å². The minimum Gasteiger partial charge on any atom is -0.469 e. The highest BCUT2D eigenvalue weighted by Gasteiger charge is 2.11. The first kappa shape index (κ1) is 12.5. The Balaban J connectivity index is 2.98. The molecule has 5 heteroatoms. The third-order valence-electron chi connectivity index (χ3n) is 2.08. The van der Waals surface area contributed by atoms with Crippen LogP contribution in [-0.4, -0.2) is 26.0 Å². The number of hydrogen-bond acceptors (Lipinski definition) is 3. The molecule has 0 unspecified atom stereocenters. The summed E-state index contributed by atoms with van der Waals surface area (Å²) in [7, 11) is 2.84. The summed E-state index contributed by atoms with van der Waals surface area (Å²) in [6.45, 7) is 0. The van der Waals surface area contributed by atoms with Crippen LogP contribution in [0, 0.1) is 0 Å². The summed E-state index contributed by atoms with van der Waals surface area (Å²) in [5.74, 6) is -0.637. The molecular formula is C11H12ClNO3. The summed E-state index contributed by atoms with van der Waals surface area (Å²) >= 11 is 5.86. The van der Waals surface area contributed by atoms with Crippen molar-refractivity contribution in [2.45, 2.75) is 6.42 Å². The molecule has 0 saturated heterocycles. The topological polar surface area (TPSA) is 55.4 Å². The number of carbonyl (C=O) groups excluding carboxylic acids is 2. The molecule has 0 spiro atoms. The van der Waals surface area contributed by atoms with E-state index in [1.165, 1.54) is 14.2 Å². The minimum absolute atomic E-state index is 0.123. The van der Waals surface area contributed by atoms with Gasteiger partial charge in [0.2, 0.25) is 0 Å². The maximum atomic E-state index is 11.4. The number of rotatable bonds is 3. The molecule has 16 heavy (non-hydrogen) atoms. The smallest absolute Gasteiger partial charge is 0.309 e. The van der Waals surface area contributed by atoms with Crippen LogP contribution in [0.25, 0.3) is 0 Å². The second kappa shape index (κ2) is 5.51. The van der Waals surface area contributed by atoms with Gasteiger partial charge in [-0.15, -0.1) is 0 Å². The fraction of sp³-hybridized carbons (Fsp3) is 0.273. The zero-order valence-corrected chi connectivity index (χ0v) is 9.80. The van der Waals surface area contributed by atoms with Crippen molar-refractivity contribution in [2.24, 2.45) is 0 Å². The van der Waals surface area contributed by atoms with Gasteiger partial charge >= 0.3 is 5.97 Å². The van der Waals surface area contributed by atoms with Crippen LogP contribution in [0.3, 0.4) is 0 Å². The van der Waals surface area contributed by atoms with E-state index in [2.05, 4.69) is 10.1 Å². The molecule has 0 fully saturated rings. The molecule has 0 atom stereocenters. The summed E-state index contributed by atoms with van der Waals surface area (Å²) in [4.78, 5) is 22.5. The Hall–Kier alpha value is -1.55. The molecule has 0 radical (unpaired) electrons. The quantitative estimate of drug-likeness (QED) is 0.815. The van der Waals surface area contributed by atoms with Crippen molar-refractivity contribution < 1.29 is 14.3 Å². The molecule has 4 nitrogen and oxygen atoms in total. The van der Waals surface area contributed by atoms with Crippen LogP contribution in [0.5, 0.6) is 0 Å². The molecule has 0 aromatic heterocycles. The lowest BCUT2D eigenvalue weighted by Gasteiger charge is -2.05. The summed E-state index contributed by atoms with van der Waals surface area (Å²) in [5, 5.41) is 2.83. The maximum absolute atomic E-state index is 11.4. The third-order valence-corrected chi connectivity index (χ3v) is 2.41. The van der Waals surface area contributed by atoms with Crippen molar-refractivity contribution in [3.63, 3.8) is 0 Å². The number of carbonyl (C=O) groups is 2. The number of nitrogens with one attached hydrogen (secondary N) is 1. The van der Waals surface area contributed by atoms with Gasteiger partial charge in [0.15, 0.2) is 0 Å². The molecule has 86 valence electrons. The Bertz CT molecular complexity index is 418. The lowest BCUT2D eigenvalue weighted by atomic mass is 10.1. The Morgan fingerprint density at radius 2 is 2.12 bits per heavy atom. The molecule has 0 aliphatic rings. The molecule has 1 N–H and O–H groups in total. The van der Waals surface area contributed by atoms with Gasteiger partial charge < -0.3 is 10.1 Å². The number of ether oxygens (including phenoxy) is 1. The van der Waals surface area contributed by atoms with E-state index in [4.69, 9.17) is 11.6 Å². The van der Waals surface area contributed by atoms with Crippen LogP contribution < -0.4 is 5.32 Å². The first-order valence-electron chi connectivity index (χ1n) is 4.65. The van der Waals surface area contributed by atoms with E-state index >= 15 is 0 Å². The van der Waals surface area contributed by atoms with E-state index in [-0.39, 0.29) is 18.3 Å². The number of benzene rings is 1. The van der Waals surface area contributed by atoms with Crippen molar-refractivity contribution in [1.82, 2.24) is 5.32 Å². The fourth-order valence-electron chi connectivity index (χ4n) is 1.23. The first-order chi connectivity index (χ1) is 7.58.